The zero-order chi connectivity index (χ0) is 21.3. The van der Waals surface area contributed by atoms with E-state index in [2.05, 4.69) is 17.1 Å². The van der Waals surface area contributed by atoms with Gasteiger partial charge in [-0.05, 0) is 51.0 Å². The second-order valence-corrected chi connectivity index (χ2v) is 7.61. The molecule has 1 aromatic rings. The lowest BCUT2D eigenvalue weighted by molar-refractivity contribution is -0.142. The van der Waals surface area contributed by atoms with Crippen LogP contribution in [-0.4, -0.2) is 86.9 Å². The average Bonchev–Trinajstić information content (AvgIpc) is 3.32. The summed E-state index contributed by atoms with van der Waals surface area (Å²) in [7, 11) is 1.65. The van der Waals surface area contributed by atoms with Gasteiger partial charge in [-0.1, -0.05) is 0 Å². The first-order valence-corrected chi connectivity index (χ1v) is 10.8. The average molecular weight is 546 g/mol. The Kier molecular flexibility index (Phi) is 10.7. The van der Waals surface area contributed by atoms with Gasteiger partial charge in [-0.3, -0.25) is 4.79 Å². The number of aliphatic imine (C=N–C) groups is 1. The zero-order valence-electron chi connectivity index (χ0n) is 18.7. The molecule has 1 N–H and O–H groups in total. The predicted molar refractivity (Wildman–Crippen MR) is 132 cm³/mol. The Hall–Kier alpha value is -1.75. The number of carbonyl (C=O) groups excluding carboxylic acids is 1. The molecule has 1 aromatic carbocycles. The number of nitrogens with one attached hydrogen (secondary N) is 1. The molecule has 3 rings (SSSR count). The summed E-state index contributed by atoms with van der Waals surface area (Å²) in [5.74, 6) is 2.60. The summed E-state index contributed by atoms with van der Waals surface area (Å²) < 4.78 is 16.7. The molecule has 0 radical (unpaired) electrons. The Balaban J connectivity index is 0.00000341. The van der Waals surface area contributed by atoms with E-state index >= 15 is 0 Å². The van der Waals surface area contributed by atoms with Crippen molar-refractivity contribution in [2.24, 2.45) is 4.99 Å². The third-order valence-electron chi connectivity index (χ3n) is 5.33. The van der Waals surface area contributed by atoms with Crippen molar-refractivity contribution in [2.75, 3.05) is 53.0 Å². The molecule has 0 aliphatic carbocycles. The molecule has 1 amide bonds. The van der Waals surface area contributed by atoms with E-state index in [9.17, 15) is 4.79 Å². The maximum absolute atomic E-state index is 12.5. The van der Waals surface area contributed by atoms with Gasteiger partial charge in [-0.15, -0.1) is 24.0 Å². The van der Waals surface area contributed by atoms with Crippen LogP contribution in [0.25, 0.3) is 0 Å². The Morgan fingerprint density at radius 2 is 1.84 bits per heavy atom. The molecule has 8 nitrogen and oxygen atoms in total. The van der Waals surface area contributed by atoms with E-state index in [1.807, 2.05) is 36.1 Å². The molecule has 2 atom stereocenters. The Bertz CT molecular complexity index is 702. The van der Waals surface area contributed by atoms with Crippen molar-refractivity contribution >= 4 is 35.8 Å². The molecule has 2 saturated heterocycles. The summed E-state index contributed by atoms with van der Waals surface area (Å²) >= 11 is 0. The van der Waals surface area contributed by atoms with E-state index < -0.39 is 0 Å². The van der Waals surface area contributed by atoms with E-state index in [4.69, 9.17) is 19.2 Å². The number of guanidine groups is 1. The number of rotatable bonds is 7. The van der Waals surface area contributed by atoms with Crippen molar-refractivity contribution in [3.63, 3.8) is 0 Å². The molecular weight excluding hydrogens is 511 g/mol. The zero-order valence-corrected chi connectivity index (χ0v) is 21.0. The van der Waals surface area contributed by atoms with E-state index in [0.717, 1.165) is 49.9 Å². The lowest BCUT2D eigenvalue weighted by Crippen LogP contribution is -2.55. The van der Waals surface area contributed by atoms with Crippen LogP contribution in [0, 0.1) is 0 Å². The molecular formula is C22H35IN4O4. The quantitative estimate of drug-likeness (QED) is 0.322. The Labute approximate surface area is 202 Å². The standard InChI is InChI=1S/C22H34N4O4.HI/c1-4-23-22(24-16-17(2)30-19-9-7-18(28-3)8-10-19)26-13-11-25(12-14-26)21(27)20-6-5-15-29-20;/h7-10,17,20H,4-6,11-16H2,1-3H3,(H,23,24);1H. The first-order valence-electron chi connectivity index (χ1n) is 10.8. The van der Waals surface area contributed by atoms with Crippen molar-refractivity contribution in [1.82, 2.24) is 15.1 Å². The summed E-state index contributed by atoms with van der Waals surface area (Å²) in [6.07, 6.45) is 1.52. The van der Waals surface area contributed by atoms with Crippen LogP contribution in [0.4, 0.5) is 0 Å². The minimum Gasteiger partial charge on any atom is -0.497 e. The van der Waals surface area contributed by atoms with Crippen LogP contribution in [0.1, 0.15) is 26.7 Å². The molecule has 0 spiro atoms. The first-order chi connectivity index (χ1) is 14.6. The van der Waals surface area contributed by atoms with Crippen LogP contribution in [0.15, 0.2) is 29.3 Å². The Morgan fingerprint density at radius 3 is 2.42 bits per heavy atom. The summed E-state index contributed by atoms with van der Waals surface area (Å²) in [5.41, 5.74) is 0. The molecule has 2 aliphatic rings. The van der Waals surface area contributed by atoms with Crippen molar-refractivity contribution in [3.8, 4) is 11.5 Å². The highest BCUT2D eigenvalue weighted by molar-refractivity contribution is 14.0. The normalized spacial score (nSPS) is 20.1. The van der Waals surface area contributed by atoms with Crippen molar-refractivity contribution in [2.45, 2.75) is 38.9 Å². The molecule has 9 heteroatoms. The van der Waals surface area contributed by atoms with Gasteiger partial charge in [0.2, 0.25) is 0 Å². The van der Waals surface area contributed by atoms with Gasteiger partial charge in [-0.25, -0.2) is 4.99 Å². The smallest absolute Gasteiger partial charge is 0.251 e. The van der Waals surface area contributed by atoms with Crippen molar-refractivity contribution < 1.29 is 19.0 Å². The SMILES string of the molecule is CCNC(=NCC(C)Oc1ccc(OC)cc1)N1CCN(C(=O)C2CCCO2)CC1.I. The predicted octanol–water partition coefficient (Wildman–Crippen LogP) is 2.37. The van der Waals surface area contributed by atoms with Gasteiger partial charge in [-0.2, -0.15) is 0 Å². The fraction of sp³-hybridized carbons (Fsp3) is 0.636. The van der Waals surface area contributed by atoms with E-state index in [0.29, 0.717) is 26.2 Å². The lowest BCUT2D eigenvalue weighted by atomic mass is 10.2. The van der Waals surface area contributed by atoms with Crippen LogP contribution in [0.5, 0.6) is 11.5 Å². The van der Waals surface area contributed by atoms with Gasteiger partial charge in [0, 0.05) is 39.3 Å². The largest absolute Gasteiger partial charge is 0.497 e. The second-order valence-electron chi connectivity index (χ2n) is 7.61. The molecule has 31 heavy (non-hydrogen) atoms. The fourth-order valence-electron chi connectivity index (χ4n) is 3.68. The van der Waals surface area contributed by atoms with Crippen molar-refractivity contribution in [3.05, 3.63) is 24.3 Å². The molecule has 0 bridgehead atoms. The number of hydrogen-bond acceptors (Lipinski definition) is 5. The molecule has 2 unspecified atom stereocenters. The molecule has 2 aliphatic heterocycles. The van der Waals surface area contributed by atoms with Crippen LogP contribution in [-0.2, 0) is 9.53 Å². The number of ether oxygens (including phenoxy) is 3. The summed E-state index contributed by atoms with van der Waals surface area (Å²) in [6.45, 7) is 9.02. The van der Waals surface area contributed by atoms with Crippen LogP contribution < -0.4 is 14.8 Å². The highest BCUT2D eigenvalue weighted by Crippen LogP contribution is 2.18. The molecule has 0 aromatic heterocycles. The fourth-order valence-corrected chi connectivity index (χ4v) is 3.68. The van der Waals surface area contributed by atoms with Crippen molar-refractivity contribution in [1.29, 1.82) is 0 Å². The summed E-state index contributed by atoms with van der Waals surface area (Å²) in [4.78, 5) is 21.4. The number of halogens is 1. The molecule has 2 heterocycles. The van der Waals surface area contributed by atoms with Gasteiger partial charge >= 0.3 is 0 Å². The highest BCUT2D eigenvalue weighted by atomic mass is 127. The van der Waals surface area contributed by atoms with E-state index in [1.54, 1.807) is 7.11 Å². The van der Waals surface area contributed by atoms with E-state index in [-0.39, 0.29) is 42.1 Å². The Morgan fingerprint density at radius 1 is 1.19 bits per heavy atom. The number of methoxy groups -OCH3 is 1. The molecule has 174 valence electrons. The van der Waals surface area contributed by atoms with Gasteiger partial charge < -0.3 is 29.3 Å². The molecule has 0 saturated carbocycles. The molecule has 2 fully saturated rings. The second kappa shape index (κ2) is 12.9. The highest BCUT2D eigenvalue weighted by Gasteiger charge is 2.30. The summed E-state index contributed by atoms with van der Waals surface area (Å²) in [5, 5.41) is 3.36. The monoisotopic (exact) mass is 546 g/mol. The van der Waals surface area contributed by atoms with Crippen LogP contribution in [0.3, 0.4) is 0 Å². The number of nitrogens with zero attached hydrogens (tertiary/aromatic N) is 3. The maximum Gasteiger partial charge on any atom is 0.251 e. The first kappa shape index (κ1) is 25.5. The van der Waals surface area contributed by atoms with Crippen LogP contribution in [0.2, 0.25) is 0 Å². The number of hydrogen-bond donors (Lipinski definition) is 1. The lowest BCUT2D eigenvalue weighted by Gasteiger charge is -2.37. The minimum absolute atomic E-state index is 0. The minimum atomic E-state index is -0.241. The summed E-state index contributed by atoms with van der Waals surface area (Å²) in [6, 6.07) is 7.56. The van der Waals surface area contributed by atoms with Gasteiger partial charge in [0.05, 0.1) is 13.7 Å². The third-order valence-corrected chi connectivity index (χ3v) is 5.33. The van der Waals surface area contributed by atoms with Gasteiger partial charge in [0.1, 0.15) is 23.7 Å². The number of piperazine rings is 1. The maximum atomic E-state index is 12.5. The topological polar surface area (TPSA) is 75.6 Å². The number of benzene rings is 1. The van der Waals surface area contributed by atoms with Crippen LogP contribution >= 0.6 is 24.0 Å². The third kappa shape index (κ3) is 7.41. The van der Waals surface area contributed by atoms with Gasteiger partial charge in [0.15, 0.2) is 5.96 Å². The van der Waals surface area contributed by atoms with E-state index in [1.165, 1.54) is 0 Å². The van der Waals surface area contributed by atoms with Gasteiger partial charge in [0.25, 0.3) is 5.91 Å². The number of carbonyl (C=O) groups is 1. The number of amides is 1.